The molecule has 0 aromatic rings. The van der Waals surface area contributed by atoms with Crippen molar-refractivity contribution in [3.63, 3.8) is 0 Å². The van der Waals surface area contributed by atoms with Crippen LogP contribution >= 0.6 is 0 Å². The molecule has 0 saturated heterocycles. The lowest BCUT2D eigenvalue weighted by atomic mass is 10.0. The Morgan fingerprint density at radius 2 is 0.493 bits per heavy atom. The van der Waals surface area contributed by atoms with Gasteiger partial charge in [0.25, 0.3) is 0 Å². The fraction of sp³-hybridized carbons (Fsp3) is 0.812. The second-order valence-corrected chi connectivity index (χ2v) is 22.0. The molecule has 0 aliphatic rings. The lowest BCUT2D eigenvalue weighted by Crippen LogP contribution is -2.30. The van der Waals surface area contributed by atoms with Crippen LogP contribution in [0, 0.1) is 0 Å². The fourth-order valence-corrected chi connectivity index (χ4v) is 9.55. The van der Waals surface area contributed by atoms with Crippen LogP contribution in [0.5, 0.6) is 0 Å². The first-order valence-electron chi connectivity index (χ1n) is 32.8. The van der Waals surface area contributed by atoms with E-state index in [1.54, 1.807) is 0 Å². The number of hydrogen-bond acceptors (Lipinski definition) is 6. The number of hydrogen-bond donors (Lipinski definition) is 0. The molecule has 75 heavy (non-hydrogen) atoms. The van der Waals surface area contributed by atoms with Crippen molar-refractivity contribution in [2.75, 3.05) is 13.2 Å². The van der Waals surface area contributed by atoms with Crippen LogP contribution in [-0.4, -0.2) is 37.2 Å². The minimum absolute atomic E-state index is 0.0877. The van der Waals surface area contributed by atoms with Crippen molar-refractivity contribution >= 4 is 17.9 Å². The van der Waals surface area contributed by atoms with Crippen molar-refractivity contribution in [1.29, 1.82) is 0 Å². The molecule has 0 aromatic heterocycles. The van der Waals surface area contributed by atoms with Crippen LogP contribution in [0.4, 0.5) is 0 Å². The van der Waals surface area contributed by atoms with Crippen molar-refractivity contribution in [2.24, 2.45) is 0 Å². The molecule has 436 valence electrons. The monoisotopic (exact) mass is 1050 g/mol. The molecule has 1 atom stereocenters. The van der Waals surface area contributed by atoms with Crippen LogP contribution in [0.15, 0.2) is 60.8 Å². The molecule has 0 saturated carbocycles. The predicted octanol–water partition coefficient (Wildman–Crippen LogP) is 22.3. The van der Waals surface area contributed by atoms with Gasteiger partial charge in [-0.25, -0.2) is 0 Å². The molecule has 6 heteroatoms. The molecule has 0 aliphatic heterocycles. The van der Waals surface area contributed by atoms with E-state index in [-0.39, 0.29) is 37.5 Å². The van der Waals surface area contributed by atoms with Gasteiger partial charge < -0.3 is 14.2 Å². The Morgan fingerprint density at radius 3 is 0.840 bits per heavy atom. The summed E-state index contributed by atoms with van der Waals surface area (Å²) in [6, 6.07) is 0. The first-order valence-corrected chi connectivity index (χ1v) is 32.8. The summed E-state index contributed by atoms with van der Waals surface area (Å²) in [6.07, 6.45) is 80.9. The summed E-state index contributed by atoms with van der Waals surface area (Å²) >= 11 is 0. The third-order valence-corrected chi connectivity index (χ3v) is 14.5. The molecule has 0 amide bonds. The van der Waals surface area contributed by atoms with Crippen molar-refractivity contribution in [3.05, 3.63) is 60.8 Å². The molecule has 0 rings (SSSR count). The van der Waals surface area contributed by atoms with E-state index < -0.39 is 6.10 Å². The second-order valence-electron chi connectivity index (χ2n) is 22.0. The summed E-state index contributed by atoms with van der Waals surface area (Å²) < 4.78 is 16.9. The van der Waals surface area contributed by atoms with Gasteiger partial charge in [0, 0.05) is 19.3 Å². The number of rotatable bonds is 60. The summed E-state index contributed by atoms with van der Waals surface area (Å²) in [4.78, 5) is 38.3. The standard InChI is InChI=1S/C69H124O6/c1-4-7-10-13-16-19-22-25-28-31-33-34-36-39-42-45-48-51-54-57-60-63-69(72)75-66(64-73-67(70)61-58-55-52-49-46-43-40-37-30-27-24-21-18-15-12-9-6-3)65-74-68(71)62-59-56-53-50-47-44-41-38-35-32-29-26-23-20-17-14-11-8-5-2/h18,21,25,27-28,30,40,43,49,52,66H,4-17,19-20,22-24,26,29,31-39,41-42,44-48,50-51,53-65H2,1-3H3/b21-18-,28-25-,30-27-,43-40-,52-49-/t66-/m1/s1. The Hall–Kier alpha value is -2.89. The molecule has 0 aromatic carbocycles. The zero-order chi connectivity index (χ0) is 54.3. The predicted molar refractivity (Wildman–Crippen MR) is 325 cm³/mol. The van der Waals surface area contributed by atoms with Gasteiger partial charge in [-0.3, -0.25) is 14.4 Å². The Bertz CT molecular complexity index is 1340. The maximum Gasteiger partial charge on any atom is 0.306 e. The highest BCUT2D eigenvalue weighted by molar-refractivity contribution is 5.71. The lowest BCUT2D eigenvalue weighted by Gasteiger charge is -2.18. The van der Waals surface area contributed by atoms with Crippen LogP contribution in [0.25, 0.3) is 0 Å². The van der Waals surface area contributed by atoms with Crippen LogP contribution < -0.4 is 0 Å². The van der Waals surface area contributed by atoms with E-state index >= 15 is 0 Å². The molecule has 0 unspecified atom stereocenters. The minimum Gasteiger partial charge on any atom is -0.462 e. The molecule has 0 bridgehead atoms. The SMILES string of the molecule is CCCCC/C=C\C/C=C\C/C=C\C/C=C\CCCC(=O)OC[C@H](COC(=O)CCCCCCCCCCCCCCCCCCCCC)OC(=O)CCCCCCCCCCCCC/C=C\CCCCCCCC. The summed E-state index contributed by atoms with van der Waals surface area (Å²) in [5.74, 6) is -0.927. The summed E-state index contributed by atoms with van der Waals surface area (Å²) in [5, 5.41) is 0. The van der Waals surface area contributed by atoms with Gasteiger partial charge >= 0.3 is 17.9 Å². The number of carbonyl (C=O) groups is 3. The third-order valence-electron chi connectivity index (χ3n) is 14.5. The van der Waals surface area contributed by atoms with Gasteiger partial charge in [-0.15, -0.1) is 0 Å². The lowest BCUT2D eigenvalue weighted by molar-refractivity contribution is -0.167. The van der Waals surface area contributed by atoms with Crippen molar-refractivity contribution < 1.29 is 28.6 Å². The third kappa shape index (κ3) is 61.8. The van der Waals surface area contributed by atoms with Gasteiger partial charge in [0.1, 0.15) is 13.2 Å². The average Bonchev–Trinajstić information content (AvgIpc) is 3.41. The van der Waals surface area contributed by atoms with Crippen molar-refractivity contribution in [1.82, 2.24) is 0 Å². The Balaban J connectivity index is 4.40. The highest BCUT2D eigenvalue weighted by Gasteiger charge is 2.19. The molecule has 0 spiro atoms. The molecule has 0 fully saturated rings. The van der Waals surface area contributed by atoms with Crippen molar-refractivity contribution in [3.8, 4) is 0 Å². The zero-order valence-electron chi connectivity index (χ0n) is 50.1. The molecule has 0 radical (unpaired) electrons. The Labute approximate surface area is 466 Å². The van der Waals surface area contributed by atoms with Crippen LogP contribution in [0.2, 0.25) is 0 Å². The molecule has 6 nitrogen and oxygen atoms in total. The van der Waals surface area contributed by atoms with Crippen molar-refractivity contribution in [2.45, 2.75) is 348 Å². The summed E-state index contributed by atoms with van der Waals surface area (Å²) in [7, 11) is 0. The highest BCUT2D eigenvalue weighted by Crippen LogP contribution is 2.17. The van der Waals surface area contributed by atoms with E-state index in [1.165, 1.54) is 231 Å². The first kappa shape index (κ1) is 72.1. The van der Waals surface area contributed by atoms with Gasteiger partial charge in [0.05, 0.1) is 0 Å². The van der Waals surface area contributed by atoms with Crippen LogP contribution in [0.3, 0.4) is 0 Å². The first-order chi connectivity index (χ1) is 37.0. The zero-order valence-corrected chi connectivity index (χ0v) is 50.1. The van der Waals surface area contributed by atoms with Gasteiger partial charge in [0.15, 0.2) is 6.10 Å². The van der Waals surface area contributed by atoms with Gasteiger partial charge in [0.2, 0.25) is 0 Å². The van der Waals surface area contributed by atoms with E-state index in [2.05, 4.69) is 81.5 Å². The average molecular weight is 1050 g/mol. The summed E-state index contributed by atoms with van der Waals surface area (Å²) in [6.45, 7) is 6.62. The number of carbonyl (C=O) groups excluding carboxylic acids is 3. The normalized spacial score (nSPS) is 12.4. The Morgan fingerprint density at radius 1 is 0.267 bits per heavy atom. The van der Waals surface area contributed by atoms with Gasteiger partial charge in [-0.05, 0) is 83.5 Å². The molecular weight excluding hydrogens is 925 g/mol. The Kier molecular flexibility index (Phi) is 61.2. The second kappa shape index (κ2) is 63.6. The van der Waals surface area contributed by atoms with E-state index in [0.29, 0.717) is 19.3 Å². The van der Waals surface area contributed by atoms with Gasteiger partial charge in [-0.1, -0.05) is 300 Å². The minimum atomic E-state index is -0.796. The fourth-order valence-electron chi connectivity index (χ4n) is 9.55. The molecule has 0 aliphatic carbocycles. The number of unbranched alkanes of at least 4 members (excludes halogenated alkanes) is 39. The van der Waals surface area contributed by atoms with E-state index in [9.17, 15) is 14.4 Å². The topological polar surface area (TPSA) is 78.9 Å². The smallest absolute Gasteiger partial charge is 0.306 e. The molecule has 0 heterocycles. The highest BCUT2D eigenvalue weighted by atomic mass is 16.6. The number of esters is 3. The van der Waals surface area contributed by atoms with E-state index in [4.69, 9.17) is 14.2 Å². The quantitative estimate of drug-likeness (QED) is 0.0261. The maximum atomic E-state index is 12.9. The number of ether oxygens (including phenoxy) is 3. The van der Waals surface area contributed by atoms with Gasteiger partial charge in [-0.2, -0.15) is 0 Å². The largest absolute Gasteiger partial charge is 0.462 e. The van der Waals surface area contributed by atoms with E-state index in [0.717, 1.165) is 64.2 Å². The van der Waals surface area contributed by atoms with E-state index in [1.807, 2.05) is 0 Å². The summed E-state index contributed by atoms with van der Waals surface area (Å²) in [5.41, 5.74) is 0. The molecule has 0 N–H and O–H groups in total. The molecular formula is C69H124O6. The van der Waals surface area contributed by atoms with Crippen LogP contribution in [0.1, 0.15) is 342 Å². The maximum absolute atomic E-state index is 12.9. The number of allylic oxidation sites excluding steroid dienone is 10. The van der Waals surface area contributed by atoms with Crippen LogP contribution in [-0.2, 0) is 28.6 Å².